The molecule has 0 radical (unpaired) electrons. The molecule has 4 rings (SSSR count). The highest BCUT2D eigenvalue weighted by molar-refractivity contribution is 6.10. The summed E-state index contributed by atoms with van der Waals surface area (Å²) in [6.07, 6.45) is -9.76. The van der Waals surface area contributed by atoms with Crippen molar-refractivity contribution < 1.29 is 39.4 Å². The molecule has 0 aliphatic carbocycles. The summed E-state index contributed by atoms with van der Waals surface area (Å²) in [5.41, 5.74) is 10.5. The van der Waals surface area contributed by atoms with Crippen LogP contribution in [0.5, 0.6) is 5.75 Å². The van der Waals surface area contributed by atoms with Gasteiger partial charge in [-0.25, -0.2) is 4.79 Å². The Morgan fingerprint density at radius 2 is 1.88 bits per heavy atom. The number of H-pyrrole nitrogens is 1. The number of nitrogens with one attached hydrogen (secondary N) is 1. The molecule has 1 saturated heterocycles. The number of para-hydroxylation sites is 1. The number of rotatable bonds is 8. The first kappa shape index (κ1) is 22.8. The molecule has 1 aliphatic rings. The molecule has 5 N–H and O–H groups in total. The van der Waals surface area contributed by atoms with E-state index in [-0.39, 0.29) is 13.2 Å². The molecule has 1 aromatic heterocycles. The zero-order valence-electron chi connectivity index (χ0n) is 17.2. The minimum atomic E-state index is -1.84. The summed E-state index contributed by atoms with van der Waals surface area (Å²) in [5, 5.41) is 44.5. The lowest BCUT2D eigenvalue weighted by atomic mass is 9.99. The normalized spacial score (nSPS) is 26.1. The van der Waals surface area contributed by atoms with Crippen LogP contribution in [0.1, 0.15) is 0 Å². The third kappa shape index (κ3) is 4.57. The number of aromatic amines is 1. The Kier molecular flexibility index (Phi) is 6.65. The van der Waals surface area contributed by atoms with E-state index in [1.54, 1.807) is 12.1 Å². The van der Waals surface area contributed by atoms with Gasteiger partial charge in [-0.15, -0.1) is 0 Å². The van der Waals surface area contributed by atoms with Gasteiger partial charge in [-0.3, -0.25) is 0 Å². The van der Waals surface area contributed by atoms with E-state index in [9.17, 15) is 25.2 Å². The molecule has 1 fully saturated rings. The summed E-state index contributed by atoms with van der Waals surface area (Å²) in [6.45, 7) is -0.357. The smallest absolute Gasteiger partial charge is 0.335 e. The second-order valence-electron chi connectivity index (χ2n) is 7.57. The Hall–Kier alpha value is -3.38. The Morgan fingerprint density at radius 1 is 1.12 bits per heavy atom. The standard InChI is InChI=1S/C21H22N4O8/c22-25-23-8-10(32-21-18(28)16(26)17(27)19(33-21)20(29)30)9-31-14-7-3-6-13-15(14)11-4-1-2-5-12(11)24-13/h1-7,10,16-19,21,24,26-28H,8-9H2,(H,29,30)/t10-,16+,17+,18-,19+,21-/m1/s1. The molecule has 6 atom stereocenters. The van der Waals surface area contributed by atoms with Crippen LogP contribution in [-0.4, -0.2) is 81.3 Å². The Morgan fingerprint density at radius 3 is 2.64 bits per heavy atom. The maximum Gasteiger partial charge on any atom is 0.335 e. The average Bonchev–Trinajstić information content (AvgIpc) is 3.20. The molecule has 3 aromatic rings. The van der Waals surface area contributed by atoms with Crippen LogP contribution in [0.3, 0.4) is 0 Å². The van der Waals surface area contributed by atoms with Gasteiger partial charge >= 0.3 is 5.97 Å². The zero-order valence-corrected chi connectivity index (χ0v) is 17.2. The van der Waals surface area contributed by atoms with Gasteiger partial charge in [-0.1, -0.05) is 29.4 Å². The van der Waals surface area contributed by atoms with Crippen molar-refractivity contribution >= 4 is 27.8 Å². The van der Waals surface area contributed by atoms with Crippen molar-refractivity contribution in [3.63, 3.8) is 0 Å². The summed E-state index contributed by atoms with van der Waals surface area (Å²) in [7, 11) is 0. The molecule has 12 heteroatoms. The van der Waals surface area contributed by atoms with Crippen LogP contribution >= 0.6 is 0 Å². The van der Waals surface area contributed by atoms with Gasteiger partial charge in [0.15, 0.2) is 12.4 Å². The Balaban J connectivity index is 1.54. The van der Waals surface area contributed by atoms with Crippen molar-refractivity contribution in [2.45, 2.75) is 36.8 Å². The van der Waals surface area contributed by atoms with E-state index in [0.29, 0.717) is 5.75 Å². The Bertz CT molecular complexity index is 1190. The highest BCUT2D eigenvalue weighted by Gasteiger charge is 2.48. The number of fused-ring (bicyclic) bond motifs is 3. The van der Waals surface area contributed by atoms with Crippen molar-refractivity contribution in [3.8, 4) is 5.75 Å². The van der Waals surface area contributed by atoms with E-state index in [4.69, 9.17) is 19.7 Å². The summed E-state index contributed by atoms with van der Waals surface area (Å²) in [5.74, 6) is -1.00. The fourth-order valence-corrected chi connectivity index (χ4v) is 3.79. The Labute approximate surface area is 186 Å². The van der Waals surface area contributed by atoms with Gasteiger partial charge in [0.05, 0.1) is 12.1 Å². The number of azide groups is 1. The monoisotopic (exact) mass is 458 g/mol. The molecule has 2 heterocycles. The van der Waals surface area contributed by atoms with Gasteiger partial charge in [0.1, 0.15) is 36.8 Å². The van der Waals surface area contributed by atoms with Gasteiger partial charge < -0.3 is 39.6 Å². The summed E-state index contributed by atoms with van der Waals surface area (Å²) in [4.78, 5) is 17.3. The number of aliphatic hydroxyl groups excluding tert-OH is 3. The lowest BCUT2D eigenvalue weighted by Gasteiger charge is -2.39. The van der Waals surface area contributed by atoms with Crippen LogP contribution < -0.4 is 4.74 Å². The van der Waals surface area contributed by atoms with Gasteiger partial charge in [0, 0.05) is 21.2 Å². The molecule has 174 valence electrons. The number of hydrogen-bond donors (Lipinski definition) is 5. The molecule has 0 saturated carbocycles. The predicted molar refractivity (Wildman–Crippen MR) is 115 cm³/mol. The molecule has 0 amide bonds. The SMILES string of the molecule is [N-]=[N+]=NC[C@H](COc1cccc2[nH]c3ccccc3c12)O[C@@H]1O[C@H](C(=O)O)[C@@H](O)[C@H](O)[C@H]1O. The maximum atomic E-state index is 11.3. The van der Waals surface area contributed by atoms with Crippen LogP contribution in [0.25, 0.3) is 32.2 Å². The number of carbonyl (C=O) groups is 1. The molecule has 0 bridgehead atoms. The van der Waals surface area contributed by atoms with Gasteiger partial charge in [0.2, 0.25) is 0 Å². The largest absolute Gasteiger partial charge is 0.490 e. The minimum Gasteiger partial charge on any atom is -0.490 e. The first-order valence-corrected chi connectivity index (χ1v) is 10.1. The molecule has 0 spiro atoms. The van der Waals surface area contributed by atoms with Gasteiger partial charge in [0.25, 0.3) is 0 Å². The lowest BCUT2D eigenvalue weighted by molar-refractivity contribution is -0.304. The van der Waals surface area contributed by atoms with Crippen molar-refractivity contribution in [1.82, 2.24) is 4.98 Å². The lowest BCUT2D eigenvalue weighted by Crippen LogP contribution is -2.61. The topological polar surface area (TPSA) is 190 Å². The summed E-state index contributed by atoms with van der Waals surface area (Å²) in [6, 6.07) is 13.2. The number of nitrogens with zero attached hydrogens (tertiary/aromatic N) is 3. The van der Waals surface area contributed by atoms with E-state index in [1.807, 2.05) is 30.3 Å². The third-order valence-corrected chi connectivity index (χ3v) is 5.40. The first-order valence-electron chi connectivity index (χ1n) is 10.1. The predicted octanol–water partition coefficient (Wildman–Crippen LogP) is 1.29. The first-order chi connectivity index (χ1) is 15.9. The average molecular weight is 458 g/mol. The number of aromatic nitrogens is 1. The molecule has 33 heavy (non-hydrogen) atoms. The summed E-state index contributed by atoms with van der Waals surface area (Å²) < 4.78 is 16.7. The minimum absolute atomic E-state index is 0.138. The van der Waals surface area contributed by atoms with Crippen molar-refractivity contribution in [1.29, 1.82) is 0 Å². The quantitative estimate of drug-likeness (QED) is 0.189. The molecule has 12 nitrogen and oxygen atoms in total. The van der Waals surface area contributed by atoms with Crippen molar-refractivity contribution in [2.24, 2.45) is 5.11 Å². The van der Waals surface area contributed by atoms with Gasteiger partial charge in [-0.2, -0.15) is 0 Å². The molecule has 0 unspecified atom stereocenters. The highest BCUT2D eigenvalue weighted by atomic mass is 16.7. The van der Waals surface area contributed by atoms with E-state index < -0.39 is 42.8 Å². The fourth-order valence-electron chi connectivity index (χ4n) is 3.79. The summed E-state index contributed by atoms with van der Waals surface area (Å²) >= 11 is 0. The highest BCUT2D eigenvalue weighted by Crippen LogP contribution is 2.33. The molecule has 1 aliphatic heterocycles. The van der Waals surface area contributed by atoms with Crippen molar-refractivity contribution in [2.75, 3.05) is 13.2 Å². The number of aliphatic carboxylic acids is 1. The van der Waals surface area contributed by atoms with Crippen LogP contribution in [0.2, 0.25) is 0 Å². The number of hydrogen-bond acceptors (Lipinski definition) is 8. The molecular weight excluding hydrogens is 436 g/mol. The fraction of sp³-hybridized carbons (Fsp3) is 0.381. The number of aliphatic hydroxyl groups is 3. The second-order valence-corrected chi connectivity index (χ2v) is 7.57. The number of benzene rings is 2. The van der Waals surface area contributed by atoms with Crippen LogP contribution in [0.4, 0.5) is 0 Å². The van der Waals surface area contributed by atoms with Crippen LogP contribution in [-0.2, 0) is 14.3 Å². The van der Waals surface area contributed by atoms with Crippen LogP contribution in [0.15, 0.2) is 47.6 Å². The number of carboxylic acids is 1. The van der Waals surface area contributed by atoms with E-state index in [0.717, 1.165) is 21.8 Å². The van der Waals surface area contributed by atoms with Gasteiger partial charge in [-0.05, 0) is 23.7 Å². The zero-order chi connectivity index (χ0) is 23.5. The number of ether oxygens (including phenoxy) is 3. The third-order valence-electron chi connectivity index (χ3n) is 5.40. The van der Waals surface area contributed by atoms with E-state index >= 15 is 0 Å². The molecule has 2 aromatic carbocycles. The van der Waals surface area contributed by atoms with Crippen LogP contribution in [0, 0.1) is 0 Å². The number of carboxylic acid groups (broad SMARTS) is 1. The van der Waals surface area contributed by atoms with E-state index in [1.165, 1.54) is 0 Å². The van der Waals surface area contributed by atoms with E-state index in [2.05, 4.69) is 15.0 Å². The molecular formula is C21H22N4O8. The van der Waals surface area contributed by atoms with Crippen molar-refractivity contribution in [3.05, 3.63) is 52.9 Å². The maximum absolute atomic E-state index is 11.3. The second kappa shape index (κ2) is 9.63.